The van der Waals surface area contributed by atoms with Crippen LogP contribution in [-0.4, -0.2) is 67.1 Å². The average Bonchev–Trinajstić information content (AvgIpc) is 3.51. The van der Waals surface area contributed by atoms with E-state index in [1.54, 1.807) is 13.2 Å². The maximum atomic E-state index is 11.7. The van der Waals surface area contributed by atoms with Crippen molar-refractivity contribution in [1.29, 1.82) is 0 Å². The molecule has 4 heterocycles. The minimum absolute atomic E-state index is 0.154. The van der Waals surface area contributed by atoms with Crippen LogP contribution in [0.3, 0.4) is 0 Å². The van der Waals surface area contributed by atoms with Gasteiger partial charge >= 0.3 is 0 Å². The molecule has 0 amide bonds. The molecule has 0 bridgehead atoms. The van der Waals surface area contributed by atoms with Crippen LogP contribution in [0.1, 0.15) is 0 Å². The molecular weight excluding hydrogens is 576 g/mol. The first kappa shape index (κ1) is 23.9. The molecule has 0 saturated heterocycles. The number of fused-ring (bicyclic) bond motifs is 12. The minimum atomic E-state index is -4.55. The third-order valence-corrected chi connectivity index (χ3v) is 8.87. The van der Waals surface area contributed by atoms with Gasteiger partial charge in [-0.1, -0.05) is 0 Å². The van der Waals surface area contributed by atoms with Gasteiger partial charge in [0.1, 0.15) is 0 Å². The Morgan fingerprint density at radius 3 is 0.949 bits per heavy atom. The summed E-state index contributed by atoms with van der Waals surface area (Å²) in [6.45, 7) is 0. The lowest BCUT2D eigenvalue weighted by Gasteiger charge is -2.05. The number of benzene rings is 3. The maximum Gasteiger partial charge on any atom is 0.294 e. The molecule has 0 spiro atoms. The van der Waals surface area contributed by atoms with Gasteiger partial charge in [-0.2, -0.15) is 25.3 Å². The number of hydrogen-bond acceptors (Lipinski definition) is 9. The summed E-state index contributed by atoms with van der Waals surface area (Å²) in [4.78, 5) is 12.4. The highest BCUT2D eigenvalue weighted by Crippen LogP contribution is 2.30. The number of nitrogens with zero attached hydrogens (tertiary/aromatic N) is 6. The Morgan fingerprint density at radius 1 is 0.462 bits per heavy atom. The normalized spacial score (nSPS) is 13.6. The molecule has 0 atom stereocenters. The minimum Gasteiger partial charge on any atom is -0.282 e. The van der Waals surface area contributed by atoms with E-state index in [1.165, 1.54) is 36.4 Å². The lowest BCUT2D eigenvalue weighted by atomic mass is 10.3. The van der Waals surface area contributed by atoms with Crippen LogP contribution in [0.25, 0.3) is 50.4 Å². The smallest absolute Gasteiger partial charge is 0.282 e. The maximum absolute atomic E-state index is 11.7. The summed E-state index contributed by atoms with van der Waals surface area (Å²) < 4.78 is 104. The molecule has 0 aliphatic rings. The molecular formula is C21H12N6O9S3. The van der Waals surface area contributed by atoms with Gasteiger partial charge in [-0.15, -0.1) is 0 Å². The largest absolute Gasteiger partial charge is 0.294 e. The summed E-state index contributed by atoms with van der Waals surface area (Å²) in [5, 5.41) is 0. The van der Waals surface area contributed by atoms with E-state index in [4.69, 9.17) is 0 Å². The van der Waals surface area contributed by atoms with E-state index in [-0.39, 0.29) is 33.9 Å². The Bertz CT molecular complexity index is 2270. The predicted octanol–water partition coefficient (Wildman–Crippen LogP) is 1.83. The zero-order valence-corrected chi connectivity index (χ0v) is 21.3. The number of hydrogen-bond donors (Lipinski definition) is 3. The molecule has 18 heteroatoms. The van der Waals surface area contributed by atoms with Gasteiger partial charge in [0.25, 0.3) is 30.4 Å². The van der Waals surface area contributed by atoms with Crippen LogP contribution in [0.4, 0.5) is 0 Å². The lowest BCUT2D eigenvalue weighted by molar-refractivity contribution is 0.481. The van der Waals surface area contributed by atoms with E-state index >= 15 is 0 Å². The standard InChI is InChI=1S/C21H12N6O9S3/c28-37(29,30)10-1-4-16-13(7-10)22-19-25(16)20-23-14-8-11(38(31,32)33)2-5-17(14)27(20)21-24-15-9-12(39(34,35)36)3-6-18(15)26(19)21/h1-9H,(H,28,29,30)(H,31,32,33)(H,34,35,36). The molecule has 0 saturated carbocycles. The van der Waals surface area contributed by atoms with Crippen molar-refractivity contribution in [3.63, 3.8) is 0 Å². The molecule has 4 aromatic heterocycles. The summed E-state index contributed by atoms with van der Waals surface area (Å²) in [6, 6.07) is 11.2. The van der Waals surface area contributed by atoms with Crippen LogP contribution in [0, 0.1) is 0 Å². The van der Waals surface area contributed by atoms with Crippen LogP contribution in [0.5, 0.6) is 0 Å². The first-order chi connectivity index (χ1) is 18.2. The third kappa shape index (κ3) is 3.36. The SMILES string of the molecule is O=S(=O)(O)c1ccc2c(c1)nc1n2c2nc3cc(S(=O)(=O)O)ccc3n2c2nc3cc(S(=O)(=O)O)ccc3n12. The van der Waals surface area contributed by atoms with Gasteiger partial charge < -0.3 is 0 Å². The van der Waals surface area contributed by atoms with Gasteiger partial charge in [-0.3, -0.25) is 13.7 Å². The molecule has 39 heavy (non-hydrogen) atoms. The molecule has 7 rings (SSSR count). The van der Waals surface area contributed by atoms with E-state index in [2.05, 4.69) is 15.0 Å². The van der Waals surface area contributed by atoms with Crippen molar-refractivity contribution >= 4 is 80.8 Å². The fraction of sp³-hybridized carbons (Fsp3) is 0. The summed E-state index contributed by atoms with van der Waals surface area (Å²) in [7, 11) is -13.6. The van der Waals surface area contributed by atoms with Crippen molar-refractivity contribution in [2.75, 3.05) is 0 Å². The topological polar surface area (TPSA) is 215 Å². The van der Waals surface area contributed by atoms with E-state index in [0.29, 0.717) is 16.6 Å². The molecule has 0 fully saturated rings. The summed E-state index contributed by atoms with van der Waals surface area (Å²) in [5.74, 6) is 0.521. The Morgan fingerprint density at radius 2 is 0.718 bits per heavy atom. The van der Waals surface area contributed by atoms with Gasteiger partial charge in [0.15, 0.2) is 0 Å². The number of aromatic nitrogens is 6. The Hall–Kier alpha value is -4.20. The lowest BCUT2D eigenvalue weighted by Crippen LogP contribution is -2.04. The van der Waals surface area contributed by atoms with Crippen LogP contribution in [-0.2, 0) is 30.4 Å². The van der Waals surface area contributed by atoms with Crippen LogP contribution in [0.2, 0.25) is 0 Å². The number of imidazole rings is 3. The molecule has 3 aromatic carbocycles. The highest BCUT2D eigenvalue weighted by Gasteiger charge is 2.24. The van der Waals surface area contributed by atoms with Gasteiger partial charge in [0, 0.05) is 0 Å². The zero-order chi connectivity index (χ0) is 27.6. The molecule has 198 valence electrons. The van der Waals surface area contributed by atoms with Gasteiger partial charge in [-0.25, -0.2) is 28.2 Å². The number of rotatable bonds is 3. The van der Waals surface area contributed by atoms with E-state index in [0.717, 1.165) is 18.2 Å². The molecule has 7 aromatic rings. The molecule has 0 aliphatic heterocycles. The van der Waals surface area contributed by atoms with E-state index in [1.807, 2.05) is 0 Å². The summed E-state index contributed by atoms with van der Waals surface area (Å²) >= 11 is 0. The van der Waals surface area contributed by atoms with Gasteiger partial charge in [-0.05, 0) is 54.6 Å². The highest BCUT2D eigenvalue weighted by molar-refractivity contribution is 7.86. The van der Waals surface area contributed by atoms with Crippen molar-refractivity contribution in [1.82, 2.24) is 28.2 Å². The van der Waals surface area contributed by atoms with Crippen molar-refractivity contribution in [2.24, 2.45) is 0 Å². The first-order valence-corrected chi connectivity index (χ1v) is 15.0. The molecule has 15 nitrogen and oxygen atoms in total. The Kier molecular flexibility index (Phi) is 4.44. The van der Waals surface area contributed by atoms with Crippen LogP contribution in [0.15, 0.2) is 69.3 Å². The van der Waals surface area contributed by atoms with Gasteiger partial charge in [0.2, 0.25) is 17.3 Å². The molecule has 0 radical (unpaired) electrons. The second kappa shape index (κ2) is 7.25. The van der Waals surface area contributed by atoms with Crippen molar-refractivity contribution in [3.8, 4) is 0 Å². The monoisotopic (exact) mass is 588 g/mol. The van der Waals surface area contributed by atoms with Crippen molar-refractivity contribution in [2.45, 2.75) is 14.7 Å². The second-order valence-electron chi connectivity index (χ2n) is 8.62. The van der Waals surface area contributed by atoms with Crippen LogP contribution < -0.4 is 0 Å². The van der Waals surface area contributed by atoms with Crippen molar-refractivity contribution in [3.05, 3.63) is 54.6 Å². The Labute approximate surface area is 216 Å². The highest BCUT2D eigenvalue weighted by atomic mass is 32.2. The fourth-order valence-electron chi connectivity index (χ4n) is 4.66. The van der Waals surface area contributed by atoms with E-state index in [9.17, 15) is 38.9 Å². The Balaban J connectivity index is 1.75. The first-order valence-electron chi connectivity index (χ1n) is 10.7. The second-order valence-corrected chi connectivity index (χ2v) is 12.9. The molecule has 0 unspecified atom stereocenters. The van der Waals surface area contributed by atoms with E-state index < -0.39 is 45.0 Å². The molecule has 3 N–H and O–H groups in total. The fourth-order valence-corrected chi connectivity index (χ4v) is 6.17. The summed E-state index contributed by atoms with van der Waals surface area (Å²) in [6.07, 6.45) is 0. The van der Waals surface area contributed by atoms with Crippen LogP contribution >= 0.6 is 0 Å². The van der Waals surface area contributed by atoms with Crippen molar-refractivity contribution < 1.29 is 38.9 Å². The summed E-state index contributed by atoms with van der Waals surface area (Å²) in [5.41, 5.74) is 1.56. The van der Waals surface area contributed by atoms with Gasteiger partial charge in [0.05, 0.1) is 47.8 Å². The quantitative estimate of drug-likeness (QED) is 0.252. The predicted molar refractivity (Wildman–Crippen MR) is 135 cm³/mol. The third-order valence-electron chi connectivity index (χ3n) is 6.32. The molecule has 0 aliphatic carbocycles. The average molecular weight is 589 g/mol. The zero-order valence-electron chi connectivity index (χ0n) is 18.9.